The van der Waals surface area contributed by atoms with E-state index >= 15 is 0 Å². The van der Waals surface area contributed by atoms with Crippen LogP contribution >= 0.6 is 22.7 Å². The Morgan fingerprint density at radius 3 is 1.20 bits per heavy atom. The second-order valence-electron chi connectivity index (χ2n) is 10.7. The zero-order valence-corrected chi connectivity index (χ0v) is 30.5. The molecule has 5 heteroatoms. The van der Waals surface area contributed by atoms with Crippen LogP contribution in [0.3, 0.4) is 0 Å². The van der Waals surface area contributed by atoms with Crippen LogP contribution in [0, 0.1) is 13.8 Å². The van der Waals surface area contributed by atoms with E-state index in [1.165, 1.54) is 74.4 Å². The van der Waals surface area contributed by atoms with E-state index in [0.717, 1.165) is 0 Å². The van der Waals surface area contributed by atoms with Crippen molar-refractivity contribution < 1.29 is 51.0 Å². The minimum Gasteiger partial charge on any atom is -1.00 e. The third kappa shape index (κ3) is 7.52. The smallest absolute Gasteiger partial charge is 1.00 e. The van der Waals surface area contributed by atoms with Gasteiger partial charge in [0.1, 0.15) is 0 Å². The number of halogens is 2. The summed E-state index contributed by atoms with van der Waals surface area (Å²) in [6.45, 7) is 4.32. The minimum atomic E-state index is 0. The van der Waals surface area contributed by atoms with Gasteiger partial charge in [0.05, 0.1) is 0 Å². The van der Waals surface area contributed by atoms with Gasteiger partial charge in [-0.1, -0.05) is 120 Å². The summed E-state index contributed by atoms with van der Waals surface area (Å²) in [5, 5.41) is 5.31. The maximum absolute atomic E-state index is 2.32. The first-order valence-corrected chi connectivity index (χ1v) is 15.9. The van der Waals surface area contributed by atoms with Crippen LogP contribution in [0.15, 0.2) is 146 Å². The third-order valence-electron chi connectivity index (χ3n) is 7.72. The predicted octanol–water partition coefficient (Wildman–Crippen LogP) is 6.53. The van der Waals surface area contributed by atoms with Crippen molar-refractivity contribution in [3.05, 3.63) is 155 Å². The molecule has 0 aliphatic rings. The van der Waals surface area contributed by atoms with Crippen molar-refractivity contribution >= 4 is 44.2 Å². The SMILES string of the molecule is Cc1ccc(-c2cc3c(-c4ccccc4)cccc3[cH-]2)s1.Cc1ccc(-c2cc3c(-c4ccccc4)cccc3[cH-]2)s1.[Cl-].[Cl-].[Zr+4]. The molecule has 0 N–H and O–H groups in total. The van der Waals surface area contributed by atoms with Gasteiger partial charge in [0, 0.05) is 0 Å². The van der Waals surface area contributed by atoms with Crippen molar-refractivity contribution in [2.24, 2.45) is 0 Å². The van der Waals surface area contributed by atoms with Crippen LogP contribution in [0.4, 0.5) is 0 Å². The maximum atomic E-state index is 2.32. The molecule has 0 saturated heterocycles. The minimum absolute atomic E-state index is 0. The standard InChI is InChI=1S/2C20H15S.2ClH.Zr/c2*1-14-10-11-20(21-14)17-12-16-8-5-9-18(19(16)13-17)15-6-3-2-4-7-15;;;/h2*2-13H,1H3;2*1H;/q2*-1;;;+4/p-2. The van der Waals surface area contributed by atoms with Gasteiger partial charge in [-0.25, -0.2) is 0 Å². The molecule has 2 heterocycles. The molecule has 6 aromatic carbocycles. The summed E-state index contributed by atoms with van der Waals surface area (Å²) in [6.07, 6.45) is 0. The summed E-state index contributed by atoms with van der Waals surface area (Å²) in [6, 6.07) is 52.4. The van der Waals surface area contributed by atoms with Crippen molar-refractivity contribution in [1.82, 2.24) is 0 Å². The van der Waals surface area contributed by atoms with E-state index in [1.54, 1.807) is 0 Å². The Morgan fingerprint density at radius 2 is 0.844 bits per heavy atom. The molecule has 2 aromatic heterocycles. The summed E-state index contributed by atoms with van der Waals surface area (Å²) in [5.41, 5.74) is 7.84. The van der Waals surface area contributed by atoms with Crippen molar-refractivity contribution in [2.45, 2.75) is 13.8 Å². The predicted molar refractivity (Wildman–Crippen MR) is 186 cm³/mol. The fourth-order valence-electron chi connectivity index (χ4n) is 5.67. The molecule has 0 fully saturated rings. The van der Waals surface area contributed by atoms with Crippen LogP contribution in [0.2, 0.25) is 0 Å². The Kier molecular flexibility index (Phi) is 12.0. The Labute approximate surface area is 305 Å². The molecule has 0 atom stereocenters. The molecular formula is C40H30Cl2S2Zr. The quantitative estimate of drug-likeness (QED) is 0.181. The topological polar surface area (TPSA) is 0 Å². The number of hydrogen-bond donors (Lipinski definition) is 0. The Balaban J connectivity index is 0.000000192. The average molecular weight is 737 g/mol. The number of rotatable bonds is 4. The third-order valence-corrected chi connectivity index (χ3v) is 9.82. The number of benzene rings is 4. The molecule has 0 unspecified atom stereocenters. The Hall–Kier alpha value is -3.04. The van der Waals surface area contributed by atoms with E-state index in [2.05, 4.69) is 159 Å². The molecule has 0 nitrogen and oxygen atoms in total. The van der Waals surface area contributed by atoms with Crippen molar-refractivity contribution in [1.29, 1.82) is 0 Å². The first-order valence-electron chi connectivity index (χ1n) is 14.3. The van der Waals surface area contributed by atoms with Gasteiger partial charge in [-0.15, -0.1) is 69.1 Å². The van der Waals surface area contributed by atoms with Gasteiger partial charge in [-0.05, 0) is 44.5 Å². The molecular weight excluding hydrogens is 707 g/mol. The summed E-state index contributed by atoms with van der Waals surface area (Å²) in [7, 11) is 0. The van der Waals surface area contributed by atoms with Gasteiger partial charge in [-0.2, -0.15) is 22.7 Å². The second kappa shape index (κ2) is 15.5. The molecule has 8 rings (SSSR count). The number of fused-ring (bicyclic) bond motifs is 2. The molecule has 0 aliphatic heterocycles. The van der Waals surface area contributed by atoms with Crippen LogP contribution in [0.5, 0.6) is 0 Å². The van der Waals surface area contributed by atoms with E-state index in [4.69, 9.17) is 0 Å². The molecule has 8 aromatic rings. The van der Waals surface area contributed by atoms with Crippen LogP contribution < -0.4 is 24.8 Å². The average Bonchev–Trinajstić information content (AvgIpc) is 3.83. The van der Waals surface area contributed by atoms with Crippen molar-refractivity contribution in [2.75, 3.05) is 0 Å². The van der Waals surface area contributed by atoms with Crippen LogP contribution in [-0.2, 0) is 26.2 Å². The van der Waals surface area contributed by atoms with E-state index in [-0.39, 0.29) is 51.0 Å². The molecule has 0 bridgehead atoms. The summed E-state index contributed by atoms with van der Waals surface area (Å²) < 4.78 is 0. The molecule has 45 heavy (non-hydrogen) atoms. The number of hydrogen-bond acceptors (Lipinski definition) is 2. The van der Waals surface area contributed by atoms with E-state index < -0.39 is 0 Å². The normalized spacial score (nSPS) is 10.4. The first kappa shape index (κ1) is 34.8. The summed E-state index contributed by atoms with van der Waals surface area (Å²) in [4.78, 5) is 5.42. The van der Waals surface area contributed by atoms with Gasteiger partial charge in [0.2, 0.25) is 0 Å². The van der Waals surface area contributed by atoms with Crippen LogP contribution in [0.1, 0.15) is 9.75 Å². The molecule has 0 saturated carbocycles. The molecule has 0 amide bonds. The van der Waals surface area contributed by atoms with Crippen LogP contribution in [-0.4, -0.2) is 0 Å². The summed E-state index contributed by atoms with van der Waals surface area (Å²) >= 11 is 3.72. The fourth-order valence-corrected chi connectivity index (χ4v) is 7.38. The summed E-state index contributed by atoms with van der Waals surface area (Å²) in [5.74, 6) is 0. The van der Waals surface area contributed by atoms with Gasteiger partial charge in [0.15, 0.2) is 0 Å². The van der Waals surface area contributed by atoms with E-state index in [1.807, 2.05) is 22.7 Å². The van der Waals surface area contributed by atoms with Gasteiger partial charge < -0.3 is 24.8 Å². The Bertz CT molecular complexity index is 1960. The van der Waals surface area contributed by atoms with Gasteiger partial charge >= 0.3 is 26.2 Å². The zero-order valence-electron chi connectivity index (χ0n) is 24.9. The zero-order chi connectivity index (χ0) is 28.5. The number of aryl methyl sites for hydroxylation is 2. The maximum Gasteiger partial charge on any atom is 4.00 e. The fraction of sp³-hybridized carbons (Fsp3) is 0.0500. The monoisotopic (exact) mass is 734 g/mol. The Morgan fingerprint density at radius 1 is 0.444 bits per heavy atom. The number of thiophene rings is 2. The second-order valence-corrected chi connectivity index (χ2v) is 13.2. The molecule has 0 spiro atoms. The van der Waals surface area contributed by atoms with E-state index in [0.29, 0.717) is 0 Å². The first-order chi connectivity index (χ1) is 20.6. The van der Waals surface area contributed by atoms with Gasteiger partial charge in [0.25, 0.3) is 0 Å². The van der Waals surface area contributed by atoms with Crippen molar-refractivity contribution in [3.63, 3.8) is 0 Å². The van der Waals surface area contributed by atoms with Gasteiger partial charge in [-0.3, -0.25) is 0 Å². The van der Waals surface area contributed by atoms with E-state index in [9.17, 15) is 0 Å². The largest absolute Gasteiger partial charge is 4.00 e. The van der Waals surface area contributed by atoms with Crippen molar-refractivity contribution in [3.8, 4) is 43.1 Å². The molecule has 220 valence electrons. The molecule has 0 radical (unpaired) electrons. The molecule has 0 aliphatic carbocycles. The van der Waals surface area contributed by atoms with Crippen LogP contribution in [0.25, 0.3) is 64.7 Å².